The average Bonchev–Trinajstić information content (AvgIpc) is 2.85. The summed E-state index contributed by atoms with van der Waals surface area (Å²) in [6, 6.07) is 29.7. The third kappa shape index (κ3) is 5.64. The third-order valence-electron chi connectivity index (χ3n) is 6.88. The number of aliphatic imine (C=N–C) groups is 2. The SMILES string of the molecule is CC1(C)CCC(C)(C)C(=Nc2cccc3ccccc23)C1=Nc1cccc2ccccc12.[Cl][Ni][Cl]. The van der Waals surface area contributed by atoms with Crippen LogP contribution in [0.1, 0.15) is 40.5 Å². The molecule has 35 heavy (non-hydrogen) atoms. The van der Waals surface area contributed by atoms with Crippen molar-refractivity contribution in [2.75, 3.05) is 0 Å². The normalized spacial score (nSPS) is 19.1. The predicted octanol–water partition coefficient (Wildman–Crippen LogP) is 10.1. The second kappa shape index (κ2) is 10.8. The van der Waals surface area contributed by atoms with Crippen LogP contribution < -0.4 is 0 Å². The second-order valence-electron chi connectivity index (χ2n) is 10.2. The van der Waals surface area contributed by atoms with Gasteiger partial charge in [-0.05, 0) is 35.7 Å². The van der Waals surface area contributed by atoms with Crippen molar-refractivity contribution in [2.45, 2.75) is 40.5 Å². The number of halogens is 2. The number of fused-ring (bicyclic) bond motifs is 2. The molecular weight excluding hydrogens is 518 g/mol. The van der Waals surface area contributed by atoms with Crippen LogP contribution in [-0.2, 0) is 12.7 Å². The molecule has 0 spiro atoms. The summed E-state index contributed by atoms with van der Waals surface area (Å²) in [6.07, 6.45) is 2.19. The van der Waals surface area contributed by atoms with Crippen LogP contribution in [0.5, 0.6) is 0 Å². The quantitative estimate of drug-likeness (QED) is 0.223. The summed E-state index contributed by atoms with van der Waals surface area (Å²) in [6.45, 7) is 9.24. The molecule has 1 aliphatic carbocycles. The van der Waals surface area contributed by atoms with E-state index < -0.39 is 0 Å². The molecule has 0 heterocycles. The molecule has 5 rings (SSSR count). The molecule has 2 nitrogen and oxygen atoms in total. The molecule has 0 bridgehead atoms. The Bertz CT molecular complexity index is 1290. The monoisotopic (exact) mass is 546 g/mol. The zero-order chi connectivity index (χ0) is 25.1. The molecule has 4 aromatic carbocycles. The Balaban J connectivity index is 0.000000917. The van der Waals surface area contributed by atoms with E-state index in [4.69, 9.17) is 30.4 Å². The first-order chi connectivity index (χ1) is 16.8. The minimum atomic E-state index is -0.0458. The van der Waals surface area contributed by atoms with Gasteiger partial charge in [-0.3, -0.25) is 9.98 Å². The van der Waals surface area contributed by atoms with Gasteiger partial charge in [0.2, 0.25) is 0 Å². The molecule has 1 saturated carbocycles. The van der Waals surface area contributed by atoms with Gasteiger partial charge in [-0.25, -0.2) is 0 Å². The topological polar surface area (TPSA) is 24.7 Å². The molecule has 0 saturated heterocycles. The number of benzene rings is 4. The molecule has 0 aliphatic heterocycles. The van der Waals surface area contributed by atoms with E-state index >= 15 is 0 Å². The molecule has 5 heteroatoms. The van der Waals surface area contributed by atoms with Crippen molar-refractivity contribution >= 4 is 64.7 Å². The Hall–Kier alpha value is -2.19. The Labute approximate surface area is 222 Å². The van der Waals surface area contributed by atoms with Crippen molar-refractivity contribution in [3.05, 3.63) is 84.9 Å². The fourth-order valence-electron chi connectivity index (χ4n) is 4.76. The standard InChI is InChI=1S/C30H30N2.2ClH.Ni/c1-29(2)19-20-30(3,4)28(32-26-18-10-14-22-12-6-8-16-24(22)26)27(29)31-25-17-9-13-21-11-5-7-15-23(21)25;;;/h5-18H,19-20H2,1-4H3;2*1H;/q;;;+2/p-2. The molecule has 0 unspecified atom stereocenters. The average molecular weight is 548 g/mol. The van der Waals surface area contributed by atoms with Crippen molar-refractivity contribution in [3.63, 3.8) is 0 Å². The van der Waals surface area contributed by atoms with Gasteiger partial charge in [-0.2, -0.15) is 0 Å². The number of hydrogen-bond donors (Lipinski definition) is 0. The molecule has 0 amide bonds. The molecule has 1 aliphatic rings. The molecule has 1 fully saturated rings. The summed E-state index contributed by atoms with van der Waals surface area (Å²) in [7, 11) is 9.40. The Morgan fingerprint density at radius 3 is 1.31 bits per heavy atom. The van der Waals surface area contributed by atoms with Gasteiger partial charge >= 0.3 is 33.0 Å². The van der Waals surface area contributed by atoms with E-state index in [0.717, 1.165) is 35.6 Å². The molecule has 0 N–H and O–H groups in total. The van der Waals surface area contributed by atoms with E-state index in [9.17, 15) is 0 Å². The van der Waals surface area contributed by atoms with E-state index in [1.807, 2.05) is 0 Å². The first-order valence-corrected chi connectivity index (χ1v) is 14.5. The minimum absolute atomic E-state index is 0.0458. The molecule has 184 valence electrons. The predicted molar refractivity (Wildman–Crippen MR) is 151 cm³/mol. The number of nitrogens with zero attached hydrogens (tertiary/aromatic N) is 2. The van der Waals surface area contributed by atoms with E-state index in [1.165, 1.54) is 21.5 Å². The molecule has 4 aromatic rings. The van der Waals surface area contributed by atoms with Crippen LogP contribution in [0.4, 0.5) is 11.4 Å². The van der Waals surface area contributed by atoms with Gasteiger partial charge in [0.05, 0.1) is 22.8 Å². The van der Waals surface area contributed by atoms with Gasteiger partial charge in [0, 0.05) is 21.6 Å². The van der Waals surface area contributed by atoms with Gasteiger partial charge in [-0.15, -0.1) is 0 Å². The van der Waals surface area contributed by atoms with Gasteiger partial charge < -0.3 is 0 Å². The Morgan fingerprint density at radius 1 is 0.571 bits per heavy atom. The third-order valence-corrected chi connectivity index (χ3v) is 6.88. The van der Waals surface area contributed by atoms with Crippen LogP contribution >= 0.6 is 20.4 Å². The van der Waals surface area contributed by atoms with Gasteiger partial charge in [0.15, 0.2) is 0 Å². The van der Waals surface area contributed by atoms with Crippen molar-refractivity contribution < 1.29 is 12.7 Å². The van der Waals surface area contributed by atoms with E-state index in [-0.39, 0.29) is 10.8 Å². The molecular formula is C30H30Cl2N2Ni. The van der Waals surface area contributed by atoms with Crippen LogP contribution in [0.25, 0.3) is 21.5 Å². The summed E-state index contributed by atoms with van der Waals surface area (Å²) in [5.41, 5.74) is 4.17. The van der Waals surface area contributed by atoms with Crippen molar-refractivity contribution in [1.82, 2.24) is 0 Å². The molecule has 0 atom stereocenters. The fraction of sp³-hybridized carbons (Fsp3) is 0.267. The van der Waals surface area contributed by atoms with Crippen LogP contribution in [0.15, 0.2) is 94.9 Å². The summed E-state index contributed by atoms with van der Waals surface area (Å²) in [5, 5.41) is 4.81. The zero-order valence-corrected chi connectivity index (χ0v) is 23.0. The first kappa shape index (κ1) is 25.9. The Kier molecular flexibility index (Phi) is 8.01. The van der Waals surface area contributed by atoms with Crippen LogP contribution in [0.2, 0.25) is 0 Å². The second-order valence-corrected chi connectivity index (χ2v) is 11.9. The number of hydrogen-bond acceptors (Lipinski definition) is 2. The van der Waals surface area contributed by atoms with E-state index in [2.05, 4.69) is 113 Å². The maximum absolute atomic E-state index is 5.34. The van der Waals surface area contributed by atoms with Gasteiger partial charge in [0.1, 0.15) is 0 Å². The first-order valence-electron chi connectivity index (χ1n) is 11.7. The number of rotatable bonds is 2. The van der Waals surface area contributed by atoms with E-state index in [0.29, 0.717) is 12.7 Å². The van der Waals surface area contributed by atoms with Gasteiger partial charge in [0.25, 0.3) is 0 Å². The maximum atomic E-state index is 5.34. The van der Waals surface area contributed by atoms with Gasteiger partial charge in [-0.1, -0.05) is 100 Å². The summed E-state index contributed by atoms with van der Waals surface area (Å²) in [4.78, 5) is 10.7. The summed E-state index contributed by atoms with van der Waals surface area (Å²) < 4.78 is 0. The van der Waals surface area contributed by atoms with Crippen molar-refractivity contribution in [3.8, 4) is 0 Å². The van der Waals surface area contributed by atoms with Crippen LogP contribution in [0.3, 0.4) is 0 Å². The van der Waals surface area contributed by atoms with Crippen molar-refractivity contribution in [1.29, 1.82) is 0 Å². The molecule has 0 aromatic heterocycles. The fourth-order valence-corrected chi connectivity index (χ4v) is 4.76. The van der Waals surface area contributed by atoms with Crippen LogP contribution in [0, 0.1) is 10.8 Å². The Morgan fingerprint density at radius 2 is 0.914 bits per heavy atom. The summed E-state index contributed by atoms with van der Waals surface area (Å²) in [5.74, 6) is 0. The molecule has 0 radical (unpaired) electrons. The van der Waals surface area contributed by atoms with Crippen LogP contribution in [-0.4, -0.2) is 11.4 Å². The zero-order valence-electron chi connectivity index (χ0n) is 20.5. The van der Waals surface area contributed by atoms with Crippen molar-refractivity contribution in [2.24, 2.45) is 20.8 Å². The summed E-state index contributed by atoms with van der Waals surface area (Å²) >= 11 is 0.569. The van der Waals surface area contributed by atoms with E-state index in [1.54, 1.807) is 0 Å².